The van der Waals surface area contributed by atoms with Crippen LogP contribution in [-0.2, 0) is 16.3 Å². The second kappa shape index (κ2) is 5.11. The molecule has 0 bridgehead atoms. The number of rotatable bonds is 3. The molecular weight excluding hydrogens is 300 g/mol. The van der Waals surface area contributed by atoms with Crippen LogP contribution in [0.4, 0.5) is 0 Å². The van der Waals surface area contributed by atoms with Gasteiger partial charge in [-0.05, 0) is 36.3 Å². The summed E-state index contributed by atoms with van der Waals surface area (Å²) in [6, 6.07) is 8.42. The topological polar surface area (TPSA) is 34.1 Å². The molecule has 94 valence electrons. The maximum atomic E-state index is 11.2. The van der Waals surface area contributed by atoms with E-state index < -0.39 is 9.84 Å². The molecule has 0 saturated heterocycles. The first kappa shape index (κ1) is 13.1. The second-order valence-corrected chi connectivity index (χ2v) is 8.06. The van der Waals surface area contributed by atoms with Gasteiger partial charge < -0.3 is 0 Å². The Kier molecular flexibility index (Phi) is 3.93. The number of benzene rings is 1. The molecule has 4 heteroatoms. The highest BCUT2D eigenvalue weighted by Crippen LogP contribution is 2.42. The highest BCUT2D eigenvalue weighted by Gasteiger charge is 2.27. The normalized spacial score (nSPS) is 24.4. The van der Waals surface area contributed by atoms with Gasteiger partial charge in [0.05, 0.1) is 5.75 Å². The zero-order chi connectivity index (χ0) is 12.5. The molecule has 17 heavy (non-hydrogen) atoms. The summed E-state index contributed by atoms with van der Waals surface area (Å²) in [5.74, 6) is 0.724. The minimum atomic E-state index is -2.85. The molecule has 0 aromatic heterocycles. The molecule has 2 unspecified atom stereocenters. The molecule has 1 aliphatic carbocycles. The molecule has 0 saturated carbocycles. The van der Waals surface area contributed by atoms with Crippen LogP contribution >= 0.6 is 15.9 Å². The maximum absolute atomic E-state index is 11.2. The highest BCUT2D eigenvalue weighted by molar-refractivity contribution is 9.09. The van der Waals surface area contributed by atoms with Crippen molar-refractivity contribution in [1.29, 1.82) is 0 Å². The van der Waals surface area contributed by atoms with Crippen LogP contribution in [0.3, 0.4) is 0 Å². The van der Waals surface area contributed by atoms with Gasteiger partial charge in [-0.25, -0.2) is 8.42 Å². The van der Waals surface area contributed by atoms with Gasteiger partial charge in [0.1, 0.15) is 9.84 Å². The van der Waals surface area contributed by atoms with Crippen molar-refractivity contribution in [3.05, 3.63) is 35.4 Å². The molecule has 2 nitrogen and oxygen atoms in total. The van der Waals surface area contributed by atoms with Gasteiger partial charge in [-0.15, -0.1) is 0 Å². The van der Waals surface area contributed by atoms with Crippen molar-refractivity contribution in [1.82, 2.24) is 0 Å². The van der Waals surface area contributed by atoms with Crippen molar-refractivity contribution in [3.63, 3.8) is 0 Å². The van der Waals surface area contributed by atoms with Gasteiger partial charge in [0.15, 0.2) is 0 Å². The van der Waals surface area contributed by atoms with Crippen LogP contribution in [0.15, 0.2) is 24.3 Å². The molecule has 0 amide bonds. The van der Waals surface area contributed by atoms with Gasteiger partial charge in [-0.2, -0.15) is 0 Å². The van der Waals surface area contributed by atoms with Crippen LogP contribution in [0, 0.1) is 5.92 Å². The van der Waals surface area contributed by atoms with E-state index in [2.05, 4.69) is 34.1 Å². The fourth-order valence-corrected chi connectivity index (χ4v) is 4.13. The first-order chi connectivity index (χ1) is 7.97. The zero-order valence-electron chi connectivity index (χ0n) is 9.90. The molecule has 0 aliphatic heterocycles. The first-order valence-electron chi connectivity index (χ1n) is 5.87. The molecule has 0 N–H and O–H groups in total. The van der Waals surface area contributed by atoms with Gasteiger partial charge in [0.2, 0.25) is 0 Å². The summed E-state index contributed by atoms with van der Waals surface area (Å²) in [6.45, 7) is 0. The number of alkyl halides is 1. The molecule has 1 aromatic rings. The molecule has 0 fully saturated rings. The molecule has 1 aliphatic rings. The number of hydrogen-bond acceptors (Lipinski definition) is 2. The van der Waals surface area contributed by atoms with E-state index in [0.29, 0.717) is 16.5 Å². The number of halogens is 1. The molecule has 0 heterocycles. The van der Waals surface area contributed by atoms with Crippen molar-refractivity contribution in [2.75, 3.05) is 12.0 Å². The molecule has 1 aromatic carbocycles. The zero-order valence-corrected chi connectivity index (χ0v) is 12.3. The summed E-state index contributed by atoms with van der Waals surface area (Å²) in [5.41, 5.74) is 2.72. The average molecular weight is 317 g/mol. The van der Waals surface area contributed by atoms with Gasteiger partial charge in [0.25, 0.3) is 0 Å². The van der Waals surface area contributed by atoms with Crippen LogP contribution in [0.1, 0.15) is 28.8 Å². The Morgan fingerprint density at radius 2 is 2.06 bits per heavy atom. The van der Waals surface area contributed by atoms with Crippen LogP contribution in [0.2, 0.25) is 0 Å². The number of sulfone groups is 1. The van der Waals surface area contributed by atoms with E-state index in [0.717, 1.165) is 19.3 Å². The number of aryl methyl sites for hydroxylation is 1. The van der Waals surface area contributed by atoms with Crippen molar-refractivity contribution in [2.24, 2.45) is 5.92 Å². The van der Waals surface area contributed by atoms with E-state index in [4.69, 9.17) is 0 Å². The number of hydrogen-bond donors (Lipinski definition) is 0. The Bertz CT molecular complexity index is 496. The predicted octanol–water partition coefficient (Wildman–Crippen LogP) is 3.12. The lowest BCUT2D eigenvalue weighted by Gasteiger charge is -2.29. The quantitative estimate of drug-likeness (QED) is 0.803. The van der Waals surface area contributed by atoms with Crippen molar-refractivity contribution >= 4 is 25.8 Å². The largest absolute Gasteiger partial charge is 0.229 e. The fraction of sp³-hybridized carbons (Fsp3) is 0.538. The number of fused-ring (bicyclic) bond motifs is 1. The Labute approximate surface area is 111 Å². The highest BCUT2D eigenvalue weighted by atomic mass is 79.9. The lowest BCUT2D eigenvalue weighted by atomic mass is 9.82. The van der Waals surface area contributed by atoms with E-state index in [1.807, 2.05) is 6.07 Å². The molecule has 2 rings (SSSR count). The Morgan fingerprint density at radius 1 is 1.35 bits per heavy atom. The lowest BCUT2D eigenvalue weighted by Crippen LogP contribution is -2.19. The molecule has 0 radical (unpaired) electrons. The van der Waals surface area contributed by atoms with Gasteiger partial charge in [-0.1, -0.05) is 40.2 Å². The predicted molar refractivity (Wildman–Crippen MR) is 74.2 cm³/mol. The Morgan fingerprint density at radius 3 is 2.76 bits per heavy atom. The van der Waals surface area contributed by atoms with Crippen molar-refractivity contribution < 1.29 is 8.42 Å². The Balaban J connectivity index is 2.10. The third-order valence-corrected chi connectivity index (χ3v) is 5.63. The fourth-order valence-electron chi connectivity index (χ4n) is 2.43. The third-order valence-electron chi connectivity index (χ3n) is 3.41. The molecular formula is C13H17BrO2S. The average Bonchev–Trinajstić information content (AvgIpc) is 2.27. The molecule has 0 spiro atoms. The van der Waals surface area contributed by atoms with Crippen LogP contribution in [0.25, 0.3) is 0 Å². The smallest absolute Gasteiger partial charge is 0.147 e. The summed E-state index contributed by atoms with van der Waals surface area (Å²) in [5, 5.41) is 0. The lowest BCUT2D eigenvalue weighted by molar-refractivity contribution is 0.440. The minimum absolute atomic E-state index is 0.294. The SMILES string of the molecule is CS(=O)(=O)CCC1CCc2ccccc2C1Br. The monoisotopic (exact) mass is 316 g/mol. The summed E-state index contributed by atoms with van der Waals surface area (Å²) in [7, 11) is -2.85. The van der Waals surface area contributed by atoms with Gasteiger partial charge >= 0.3 is 0 Å². The van der Waals surface area contributed by atoms with Crippen LogP contribution in [-0.4, -0.2) is 20.4 Å². The standard InChI is InChI=1S/C13H17BrO2S/c1-17(15,16)9-8-11-7-6-10-4-2-3-5-12(10)13(11)14/h2-5,11,13H,6-9H2,1H3. The van der Waals surface area contributed by atoms with E-state index in [9.17, 15) is 8.42 Å². The molecule has 2 atom stereocenters. The summed E-state index contributed by atoms with van der Waals surface area (Å²) >= 11 is 3.73. The summed E-state index contributed by atoms with van der Waals surface area (Å²) in [4.78, 5) is 0.300. The van der Waals surface area contributed by atoms with Crippen LogP contribution < -0.4 is 0 Å². The van der Waals surface area contributed by atoms with Crippen molar-refractivity contribution in [2.45, 2.75) is 24.1 Å². The van der Waals surface area contributed by atoms with E-state index in [1.54, 1.807) is 0 Å². The summed E-state index contributed by atoms with van der Waals surface area (Å²) < 4.78 is 22.4. The van der Waals surface area contributed by atoms with Gasteiger partial charge in [0, 0.05) is 11.1 Å². The third kappa shape index (κ3) is 3.32. The van der Waals surface area contributed by atoms with Crippen molar-refractivity contribution in [3.8, 4) is 0 Å². The van der Waals surface area contributed by atoms with Gasteiger partial charge in [-0.3, -0.25) is 0 Å². The van der Waals surface area contributed by atoms with E-state index in [1.165, 1.54) is 17.4 Å². The summed E-state index contributed by atoms with van der Waals surface area (Å²) in [6.07, 6.45) is 4.20. The minimum Gasteiger partial charge on any atom is -0.229 e. The second-order valence-electron chi connectivity index (χ2n) is 4.82. The first-order valence-corrected chi connectivity index (χ1v) is 8.84. The van der Waals surface area contributed by atoms with E-state index >= 15 is 0 Å². The Hall–Kier alpha value is -0.350. The van der Waals surface area contributed by atoms with E-state index in [-0.39, 0.29) is 0 Å². The van der Waals surface area contributed by atoms with Crippen LogP contribution in [0.5, 0.6) is 0 Å². The maximum Gasteiger partial charge on any atom is 0.147 e.